The average Bonchev–Trinajstić information content (AvgIpc) is 3.20. The molecular formula is C21H17NO5S. The minimum Gasteiger partial charge on any atom is -0.493 e. The number of hydrogen-bond acceptors (Lipinski definition) is 7. The predicted molar refractivity (Wildman–Crippen MR) is 107 cm³/mol. The smallest absolute Gasteiger partial charge is 0.336 e. The van der Waals surface area contributed by atoms with E-state index in [1.54, 1.807) is 26.4 Å². The van der Waals surface area contributed by atoms with Crippen molar-refractivity contribution in [2.75, 3.05) is 14.2 Å². The van der Waals surface area contributed by atoms with Crippen molar-refractivity contribution in [3.05, 3.63) is 70.0 Å². The van der Waals surface area contributed by atoms with E-state index >= 15 is 0 Å². The first-order valence-electron chi connectivity index (χ1n) is 8.50. The van der Waals surface area contributed by atoms with Gasteiger partial charge in [-0.1, -0.05) is 0 Å². The Morgan fingerprint density at radius 2 is 1.82 bits per heavy atom. The van der Waals surface area contributed by atoms with Gasteiger partial charge in [0.15, 0.2) is 11.5 Å². The topological polar surface area (TPSA) is 70.8 Å². The van der Waals surface area contributed by atoms with E-state index in [9.17, 15) is 4.79 Å². The highest BCUT2D eigenvalue weighted by Crippen LogP contribution is 2.33. The Morgan fingerprint density at radius 1 is 1.00 bits per heavy atom. The fourth-order valence-electron chi connectivity index (χ4n) is 2.76. The first-order valence-corrected chi connectivity index (χ1v) is 9.38. The Bertz CT molecular complexity index is 1180. The molecule has 0 bridgehead atoms. The zero-order valence-electron chi connectivity index (χ0n) is 15.3. The average molecular weight is 395 g/mol. The van der Waals surface area contributed by atoms with E-state index in [0.29, 0.717) is 29.4 Å². The third-order valence-electron chi connectivity index (χ3n) is 4.16. The lowest BCUT2D eigenvalue weighted by molar-refractivity contribution is 0.302. The lowest BCUT2D eigenvalue weighted by Crippen LogP contribution is -1.97. The van der Waals surface area contributed by atoms with Crippen LogP contribution in [-0.4, -0.2) is 19.2 Å². The van der Waals surface area contributed by atoms with Crippen LogP contribution in [0, 0.1) is 0 Å². The maximum absolute atomic E-state index is 11.4. The fourth-order valence-corrected chi connectivity index (χ4v) is 3.56. The zero-order chi connectivity index (χ0) is 19.5. The van der Waals surface area contributed by atoms with Gasteiger partial charge in [0.25, 0.3) is 0 Å². The van der Waals surface area contributed by atoms with Gasteiger partial charge in [-0.2, -0.15) is 0 Å². The summed E-state index contributed by atoms with van der Waals surface area (Å²) in [4.78, 5) is 16.0. The van der Waals surface area contributed by atoms with Crippen molar-refractivity contribution >= 4 is 22.3 Å². The van der Waals surface area contributed by atoms with Crippen molar-refractivity contribution in [1.29, 1.82) is 0 Å². The van der Waals surface area contributed by atoms with Gasteiger partial charge in [0, 0.05) is 28.5 Å². The molecule has 0 fully saturated rings. The van der Waals surface area contributed by atoms with Gasteiger partial charge >= 0.3 is 5.63 Å². The summed E-state index contributed by atoms with van der Waals surface area (Å²) in [6.45, 7) is 0.312. The Hall–Kier alpha value is -3.32. The molecule has 2 aromatic carbocycles. The number of hydrogen-bond donors (Lipinski definition) is 0. The summed E-state index contributed by atoms with van der Waals surface area (Å²) >= 11 is 1.53. The maximum Gasteiger partial charge on any atom is 0.336 e. The van der Waals surface area contributed by atoms with Crippen LogP contribution in [0.15, 0.2) is 63.1 Å². The molecule has 0 N–H and O–H groups in total. The molecule has 28 heavy (non-hydrogen) atoms. The largest absolute Gasteiger partial charge is 0.493 e. The summed E-state index contributed by atoms with van der Waals surface area (Å²) in [5.74, 6) is 1.95. The number of thiazole rings is 1. The second kappa shape index (κ2) is 7.74. The molecule has 0 spiro atoms. The zero-order valence-corrected chi connectivity index (χ0v) is 16.1. The van der Waals surface area contributed by atoms with Crippen LogP contribution in [0.3, 0.4) is 0 Å². The van der Waals surface area contributed by atoms with E-state index in [1.165, 1.54) is 17.4 Å². The minimum atomic E-state index is -0.385. The van der Waals surface area contributed by atoms with Crippen molar-refractivity contribution in [1.82, 2.24) is 4.98 Å². The first kappa shape index (κ1) is 18.1. The van der Waals surface area contributed by atoms with Crippen LogP contribution in [0.25, 0.3) is 21.5 Å². The molecule has 0 saturated carbocycles. The first-order chi connectivity index (χ1) is 13.7. The minimum absolute atomic E-state index is 0.312. The Labute approximate surface area is 164 Å². The van der Waals surface area contributed by atoms with E-state index in [0.717, 1.165) is 21.7 Å². The highest BCUT2D eigenvalue weighted by Gasteiger charge is 2.10. The SMILES string of the molecule is COc1ccc(-c2nc(COc3ccc4ccc(=O)oc4c3)cs2)cc1OC. The summed E-state index contributed by atoms with van der Waals surface area (Å²) in [6.07, 6.45) is 0. The van der Waals surface area contributed by atoms with Gasteiger partial charge in [-0.05, 0) is 36.4 Å². The number of rotatable bonds is 6. The van der Waals surface area contributed by atoms with Crippen molar-refractivity contribution in [3.8, 4) is 27.8 Å². The van der Waals surface area contributed by atoms with Crippen LogP contribution in [0.1, 0.15) is 5.69 Å². The van der Waals surface area contributed by atoms with Crippen LogP contribution in [0.2, 0.25) is 0 Å². The van der Waals surface area contributed by atoms with Crippen LogP contribution in [0.4, 0.5) is 0 Å². The van der Waals surface area contributed by atoms with Crippen molar-refractivity contribution < 1.29 is 18.6 Å². The van der Waals surface area contributed by atoms with Crippen molar-refractivity contribution in [2.24, 2.45) is 0 Å². The van der Waals surface area contributed by atoms with Crippen LogP contribution >= 0.6 is 11.3 Å². The molecule has 0 saturated heterocycles. The maximum atomic E-state index is 11.4. The van der Waals surface area contributed by atoms with E-state index in [2.05, 4.69) is 4.98 Å². The molecule has 4 aromatic rings. The number of nitrogens with zero attached hydrogens (tertiary/aromatic N) is 1. The Balaban J connectivity index is 1.50. The molecular weight excluding hydrogens is 378 g/mol. The molecule has 0 radical (unpaired) electrons. The highest BCUT2D eigenvalue weighted by molar-refractivity contribution is 7.13. The number of methoxy groups -OCH3 is 2. The molecule has 6 nitrogen and oxygen atoms in total. The summed E-state index contributed by atoms with van der Waals surface area (Å²) < 4.78 is 21.6. The monoisotopic (exact) mass is 395 g/mol. The second-order valence-electron chi connectivity index (χ2n) is 5.96. The molecule has 0 unspecified atom stereocenters. The lowest BCUT2D eigenvalue weighted by atomic mass is 10.2. The van der Waals surface area contributed by atoms with Crippen molar-refractivity contribution in [2.45, 2.75) is 6.61 Å². The van der Waals surface area contributed by atoms with Gasteiger partial charge in [-0.15, -0.1) is 11.3 Å². The molecule has 0 aliphatic rings. The van der Waals surface area contributed by atoms with E-state index in [1.807, 2.05) is 35.7 Å². The van der Waals surface area contributed by atoms with Gasteiger partial charge in [0.05, 0.1) is 19.9 Å². The molecule has 0 atom stereocenters. The summed E-state index contributed by atoms with van der Waals surface area (Å²) in [5, 5.41) is 3.66. The molecule has 142 valence electrons. The molecule has 2 heterocycles. The van der Waals surface area contributed by atoms with E-state index < -0.39 is 0 Å². The third kappa shape index (κ3) is 3.70. The van der Waals surface area contributed by atoms with Gasteiger partial charge < -0.3 is 18.6 Å². The lowest BCUT2D eigenvalue weighted by Gasteiger charge is -2.08. The predicted octanol–water partition coefficient (Wildman–Crippen LogP) is 4.51. The third-order valence-corrected chi connectivity index (χ3v) is 5.10. The van der Waals surface area contributed by atoms with Gasteiger partial charge in [0.1, 0.15) is 22.9 Å². The molecule has 7 heteroatoms. The van der Waals surface area contributed by atoms with Crippen LogP contribution in [0.5, 0.6) is 17.2 Å². The Kier molecular flexibility index (Phi) is 4.99. The van der Waals surface area contributed by atoms with E-state index in [4.69, 9.17) is 18.6 Å². The quantitative estimate of drug-likeness (QED) is 0.447. The molecule has 0 aliphatic carbocycles. The fraction of sp³-hybridized carbons (Fsp3) is 0.143. The van der Waals surface area contributed by atoms with Crippen LogP contribution < -0.4 is 19.8 Å². The van der Waals surface area contributed by atoms with Gasteiger partial charge in [0.2, 0.25) is 0 Å². The second-order valence-corrected chi connectivity index (χ2v) is 6.81. The summed E-state index contributed by atoms with van der Waals surface area (Å²) in [7, 11) is 3.21. The van der Waals surface area contributed by atoms with Gasteiger partial charge in [-0.25, -0.2) is 9.78 Å². The molecule has 2 aromatic heterocycles. The van der Waals surface area contributed by atoms with Crippen molar-refractivity contribution in [3.63, 3.8) is 0 Å². The van der Waals surface area contributed by atoms with Crippen LogP contribution in [-0.2, 0) is 6.61 Å². The highest BCUT2D eigenvalue weighted by atomic mass is 32.1. The summed E-state index contributed by atoms with van der Waals surface area (Å²) in [6, 6.07) is 14.2. The molecule has 4 rings (SSSR count). The number of benzene rings is 2. The number of fused-ring (bicyclic) bond motifs is 1. The van der Waals surface area contributed by atoms with E-state index in [-0.39, 0.29) is 5.63 Å². The molecule has 0 aliphatic heterocycles. The van der Waals surface area contributed by atoms with Gasteiger partial charge in [-0.3, -0.25) is 0 Å². The summed E-state index contributed by atoms with van der Waals surface area (Å²) in [5.41, 5.74) is 1.86. The molecule has 0 amide bonds. The Morgan fingerprint density at radius 3 is 2.64 bits per heavy atom. The standard InChI is InChI=1S/C21H17NO5S/c1-24-17-7-4-14(9-19(17)25-2)21-22-15(12-28-21)11-26-16-6-3-13-5-8-20(23)27-18(13)10-16/h3-10,12H,11H2,1-2H3. The number of aromatic nitrogens is 1. The normalized spacial score (nSPS) is 10.8. The number of ether oxygens (including phenoxy) is 3.